The average Bonchev–Trinajstić information content (AvgIpc) is 2.20. The van der Waals surface area contributed by atoms with Gasteiger partial charge in [0.15, 0.2) is 0 Å². The average molecular weight is 318 g/mol. The van der Waals surface area contributed by atoms with Gasteiger partial charge in [0.2, 0.25) is 0 Å². The quantitative estimate of drug-likeness (QED) is 0.613. The molecule has 0 aliphatic rings. The first-order chi connectivity index (χ1) is 7.51. The van der Waals surface area contributed by atoms with E-state index in [1.807, 2.05) is 34.0 Å². The van der Waals surface area contributed by atoms with Crippen molar-refractivity contribution in [2.24, 2.45) is 0 Å². The Morgan fingerprint density at radius 3 is 1.82 bits per heavy atom. The monoisotopic (exact) mass is 318 g/mol. The maximum Gasteiger partial charge on any atom is 0.0836 e. The minimum absolute atomic E-state index is 0. The maximum absolute atomic E-state index is 10.3. The molecular weight excluding hydrogens is 293 g/mol. The third-order valence-corrected chi connectivity index (χ3v) is 2.24. The molecular formula is C13H25O3Y-. The summed E-state index contributed by atoms with van der Waals surface area (Å²) >= 11 is 0. The summed E-state index contributed by atoms with van der Waals surface area (Å²) in [4.78, 5) is 10.3. The van der Waals surface area contributed by atoms with Crippen molar-refractivity contribution in [2.75, 3.05) is 0 Å². The van der Waals surface area contributed by atoms with Crippen molar-refractivity contribution >= 4 is 6.29 Å². The third-order valence-electron chi connectivity index (χ3n) is 2.24. The fraction of sp³-hybridized carbons (Fsp3) is 0.923. The predicted molar refractivity (Wildman–Crippen MR) is 65.2 cm³/mol. The number of ether oxygens (including phenoxy) is 2. The van der Waals surface area contributed by atoms with E-state index in [0.29, 0.717) is 12.8 Å². The molecule has 2 atom stereocenters. The summed E-state index contributed by atoms with van der Waals surface area (Å²) in [5.41, 5.74) is 0. The molecule has 0 aliphatic heterocycles. The Balaban J connectivity index is 0. The minimum Gasteiger partial charge on any atom is -0.542 e. The molecule has 1 radical (unpaired) electrons. The van der Waals surface area contributed by atoms with Crippen molar-refractivity contribution < 1.29 is 47.0 Å². The van der Waals surface area contributed by atoms with Gasteiger partial charge < -0.3 is 14.3 Å². The second-order valence-corrected chi connectivity index (χ2v) is 4.54. The predicted octanol–water partition coefficient (Wildman–Crippen LogP) is 2.87. The van der Waals surface area contributed by atoms with Crippen molar-refractivity contribution in [1.82, 2.24) is 0 Å². The van der Waals surface area contributed by atoms with Crippen LogP contribution < -0.4 is 0 Å². The van der Waals surface area contributed by atoms with E-state index in [2.05, 4.69) is 6.92 Å². The van der Waals surface area contributed by atoms with Crippen molar-refractivity contribution in [2.45, 2.75) is 78.3 Å². The number of hydrogen-bond acceptors (Lipinski definition) is 3. The molecule has 0 amide bonds. The van der Waals surface area contributed by atoms with Crippen LogP contribution in [0.3, 0.4) is 0 Å². The smallest absolute Gasteiger partial charge is 0.0836 e. The molecule has 0 N–H and O–H groups in total. The van der Waals surface area contributed by atoms with Gasteiger partial charge in [-0.1, -0.05) is 6.92 Å². The van der Waals surface area contributed by atoms with Crippen molar-refractivity contribution in [3.05, 3.63) is 0 Å². The zero-order chi connectivity index (χ0) is 12.6. The van der Waals surface area contributed by atoms with E-state index in [1.54, 1.807) is 0 Å². The molecule has 2 unspecified atom stereocenters. The van der Waals surface area contributed by atoms with Crippen molar-refractivity contribution in [1.29, 1.82) is 0 Å². The van der Waals surface area contributed by atoms with Crippen LogP contribution in [0, 0.1) is 0 Å². The molecule has 0 saturated carbocycles. The fourth-order valence-corrected chi connectivity index (χ4v) is 1.69. The van der Waals surface area contributed by atoms with Gasteiger partial charge >= 0.3 is 0 Å². The summed E-state index contributed by atoms with van der Waals surface area (Å²) in [6.07, 6.45) is 4.31. The van der Waals surface area contributed by atoms with Crippen LogP contribution in [-0.4, -0.2) is 30.7 Å². The molecule has 0 saturated heterocycles. The van der Waals surface area contributed by atoms with Gasteiger partial charge in [-0.2, -0.15) is 0 Å². The summed E-state index contributed by atoms with van der Waals surface area (Å²) in [6.45, 7) is 10.1. The molecule has 0 aromatic carbocycles. The largest absolute Gasteiger partial charge is 0.542 e. The van der Waals surface area contributed by atoms with E-state index >= 15 is 0 Å². The van der Waals surface area contributed by atoms with Crippen molar-refractivity contribution in [3.63, 3.8) is 0 Å². The second-order valence-electron chi connectivity index (χ2n) is 4.54. The Labute approximate surface area is 131 Å². The number of hydrogen-bond donors (Lipinski definition) is 0. The molecule has 0 rings (SSSR count). The Morgan fingerprint density at radius 1 is 1.00 bits per heavy atom. The number of carbonyl (C=O) groups excluding carboxylic acids is 1. The van der Waals surface area contributed by atoms with Crippen LogP contribution in [0.1, 0.15) is 53.9 Å². The maximum atomic E-state index is 10.3. The fourth-order valence-electron chi connectivity index (χ4n) is 1.69. The van der Waals surface area contributed by atoms with Gasteiger partial charge in [0.25, 0.3) is 0 Å². The van der Waals surface area contributed by atoms with E-state index in [9.17, 15) is 4.79 Å². The molecule has 4 heteroatoms. The first kappa shape index (κ1) is 20.0. The molecule has 0 heterocycles. The van der Waals surface area contributed by atoms with Crippen LogP contribution >= 0.6 is 0 Å². The van der Waals surface area contributed by atoms with E-state index in [-0.39, 0.29) is 57.1 Å². The van der Waals surface area contributed by atoms with Crippen LogP contribution in [-0.2, 0) is 47.0 Å². The Morgan fingerprint density at radius 2 is 1.47 bits per heavy atom. The minimum atomic E-state index is -0.00569. The van der Waals surface area contributed by atoms with Gasteiger partial charge in [0, 0.05) is 32.7 Å². The van der Waals surface area contributed by atoms with E-state index in [0.717, 1.165) is 6.42 Å². The Bertz CT molecular complexity index is 184. The zero-order valence-corrected chi connectivity index (χ0v) is 14.6. The molecule has 0 aliphatic carbocycles. The summed E-state index contributed by atoms with van der Waals surface area (Å²) in [7, 11) is 0. The summed E-state index contributed by atoms with van der Waals surface area (Å²) in [6, 6.07) is 0. The molecule has 99 valence electrons. The zero-order valence-electron chi connectivity index (χ0n) is 11.7. The van der Waals surface area contributed by atoms with Crippen LogP contribution in [0.15, 0.2) is 0 Å². The molecule has 0 spiro atoms. The van der Waals surface area contributed by atoms with Gasteiger partial charge in [-0.15, -0.1) is 6.42 Å². The van der Waals surface area contributed by atoms with Crippen LogP contribution in [0.2, 0.25) is 0 Å². The molecule has 0 aromatic heterocycles. The van der Waals surface area contributed by atoms with Crippen LogP contribution in [0.4, 0.5) is 0 Å². The van der Waals surface area contributed by atoms with Gasteiger partial charge in [0.05, 0.1) is 24.4 Å². The van der Waals surface area contributed by atoms with Gasteiger partial charge in [0.1, 0.15) is 0 Å². The number of rotatable bonds is 9. The Hall–Kier alpha value is 0.694. The topological polar surface area (TPSA) is 35.5 Å². The van der Waals surface area contributed by atoms with Crippen molar-refractivity contribution in [3.8, 4) is 0 Å². The normalized spacial score (nSPS) is 14.5. The summed E-state index contributed by atoms with van der Waals surface area (Å²) in [5, 5.41) is 0. The third kappa shape index (κ3) is 10.3. The summed E-state index contributed by atoms with van der Waals surface area (Å²) < 4.78 is 11.6. The van der Waals surface area contributed by atoms with Gasteiger partial charge in [-0.05, 0) is 40.5 Å². The van der Waals surface area contributed by atoms with Crippen LogP contribution in [0.5, 0.6) is 0 Å². The van der Waals surface area contributed by atoms with E-state index < -0.39 is 0 Å². The van der Waals surface area contributed by atoms with Gasteiger partial charge in [-0.3, -0.25) is 6.29 Å². The molecule has 3 nitrogen and oxygen atoms in total. The van der Waals surface area contributed by atoms with Crippen LogP contribution in [0.25, 0.3) is 0 Å². The van der Waals surface area contributed by atoms with E-state index in [1.165, 1.54) is 0 Å². The summed E-state index contributed by atoms with van der Waals surface area (Å²) in [5.74, 6) is 0. The standard InChI is InChI=1S/C13H25O3.Y/c1-6-12(15-10(2)3)13(8-7-9-14)16-11(4)5;/h10-13H,6-8H2,1-5H3;/q-1;. The van der Waals surface area contributed by atoms with Gasteiger partial charge in [-0.25, -0.2) is 0 Å². The molecule has 0 fully saturated rings. The molecule has 0 aromatic rings. The molecule has 0 bridgehead atoms. The SMILES string of the molecule is CCC(OC(C)C)C(CC[C-]=O)OC(C)C.[Y]. The Kier molecular flexibility index (Phi) is 13.9. The first-order valence-corrected chi connectivity index (χ1v) is 6.17. The second kappa shape index (κ2) is 11.8. The van der Waals surface area contributed by atoms with E-state index in [4.69, 9.17) is 9.47 Å². The molecule has 17 heavy (non-hydrogen) atoms. The first-order valence-electron chi connectivity index (χ1n) is 6.17.